The molecule has 3 rings (SSSR count). The number of Topliss-reactive ketones (excluding diaryl/α,β-unsaturated/α-hetero) is 1. The summed E-state index contributed by atoms with van der Waals surface area (Å²) in [6, 6.07) is 3.67. The average molecular weight is 439 g/mol. The van der Waals surface area contributed by atoms with E-state index in [1.54, 1.807) is 12.5 Å². The molecule has 0 amide bonds. The van der Waals surface area contributed by atoms with E-state index in [1.807, 2.05) is 58.6 Å². The van der Waals surface area contributed by atoms with Gasteiger partial charge in [0.25, 0.3) is 0 Å². The zero-order chi connectivity index (χ0) is 23.8. The molecule has 0 aliphatic carbocycles. The van der Waals surface area contributed by atoms with E-state index in [2.05, 4.69) is 16.9 Å². The molecule has 174 valence electrons. The molecule has 1 saturated heterocycles. The monoisotopic (exact) mass is 438 g/mol. The molecule has 6 heteroatoms. The standard InChI is InChI=1S/C26H38N4O2/c1-8-9-16-13-30(24(27)22(16)20-12-28-15-29-20)14-21(31)17-10-18(25(2,3)4)23(32)19(11-17)26(5,6)7/h10-12,15-16,22,27,32H,8-9,13-14H2,1-7H3,(H,28,29). The van der Waals surface area contributed by atoms with Crippen molar-refractivity contribution in [2.75, 3.05) is 13.1 Å². The molecule has 2 heterocycles. The van der Waals surface area contributed by atoms with Crippen LogP contribution in [0, 0.1) is 11.3 Å². The van der Waals surface area contributed by atoms with Crippen LogP contribution in [0.15, 0.2) is 24.7 Å². The van der Waals surface area contributed by atoms with Gasteiger partial charge < -0.3 is 15.0 Å². The third kappa shape index (κ3) is 4.74. The first kappa shape index (κ1) is 24.0. The number of H-pyrrole nitrogens is 1. The molecule has 2 atom stereocenters. The van der Waals surface area contributed by atoms with E-state index in [-0.39, 0.29) is 40.7 Å². The molecule has 0 saturated carbocycles. The molecule has 1 aliphatic rings. The molecule has 1 fully saturated rings. The molecule has 0 radical (unpaired) electrons. The van der Waals surface area contributed by atoms with E-state index >= 15 is 0 Å². The highest BCUT2D eigenvalue weighted by atomic mass is 16.3. The highest BCUT2D eigenvalue weighted by molar-refractivity contribution is 6.01. The van der Waals surface area contributed by atoms with Gasteiger partial charge >= 0.3 is 0 Å². The number of hydrogen-bond donors (Lipinski definition) is 3. The first-order valence-electron chi connectivity index (χ1n) is 11.6. The minimum Gasteiger partial charge on any atom is -0.507 e. The van der Waals surface area contributed by atoms with E-state index in [4.69, 9.17) is 5.41 Å². The molecule has 3 N–H and O–H groups in total. The normalized spacial score (nSPS) is 19.6. The van der Waals surface area contributed by atoms with E-state index < -0.39 is 0 Å². The van der Waals surface area contributed by atoms with Crippen molar-refractivity contribution in [1.29, 1.82) is 5.41 Å². The predicted molar refractivity (Wildman–Crippen MR) is 129 cm³/mol. The summed E-state index contributed by atoms with van der Waals surface area (Å²) in [6.07, 6.45) is 5.47. The Morgan fingerprint density at radius 1 is 1.19 bits per heavy atom. The number of ketones is 1. The Labute approximate surface area is 192 Å². The van der Waals surface area contributed by atoms with Crippen LogP contribution in [-0.2, 0) is 10.8 Å². The summed E-state index contributed by atoms with van der Waals surface area (Å²) in [4.78, 5) is 22.7. The predicted octanol–water partition coefficient (Wildman–Crippen LogP) is 5.39. The SMILES string of the molecule is CCCC1CN(CC(=O)c2cc(C(C)(C)C)c(O)c(C(C)(C)C)c2)C(=N)C1c1cnc[nH]1. The van der Waals surface area contributed by atoms with Crippen LogP contribution in [0.25, 0.3) is 0 Å². The highest BCUT2D eigenvalue weighted by Gasteiger charge is 2.39. The molecule has 1 aromatic heterocycles. The number of hydrogen-bond acceptors (Lipinski definition) is 4. The minimum absolute atomic E-state index is 0.0220. The number of aromatic amines is 1. The van der Waals surface area contributed by atoms with Crippen molar-refractivity contribution in [2.24, 2.45) is 5.92 Å². The number of nitrogens with one attached hydrogen (secondary N) is 2. The van der Waals surface area contributed by atoms with E-state index in [0.29, 0.717) is 17.9 Å². The molecule has 32 heavy (non-hydrogen) atoms. The average Bonchev–Trinajstić information content (AvgIpc) is 3.29. The van der Waals surface area contributed by atoms with Gasteiger partial charge in [-0.2, -0.15) is 0 Å². The smallest absolute Gasteiger partial charge is 0.182 e. The Morgan fingerprint density at radius 3 is 2.25 bits per heavy atom. The highest BCUT2D eigenvalue weighted by Crippen LogP contribution is 2.40. The summed E-state index contributed by atoms with van der Waals surface area (Å²) in [6.45, 7) is 15.3. The molecule has 0 spiro atoms. The van der Waals surface area contributed by atoms with Gasteiger partial charge in [-0.05, 0) is 35.3 Å². The Kier molecular flexibility index (Phi) is 6.55. The zero-order valence-electron chi connectivity index (χ0n) is 20.5. The zero-order valence-corrected chi connectivity index (χ0v) is 20.5. The van der Waals surface area contributed by atoms with Gasteiger partial charge in [0, 0.05) is 35.1 Å². The van der Waals surface area contributed by atoms with Gasteiger partial charge in [0.05, 0.1) is 18.8 Å². The van der Waals surface area contributed by atoms with Gasteiger partial charge in [-0.3, -0.25) is 10.2 Å². The van der Waals surface area contributed by atoms with Crippen LogP contribution >= 0.6 is 0 Å². The topological polar surface area (TPSA) is 93.1 Å². The molecule has 1 aromatic carbocycles. The number of phenolic OH excluding ortho intramolecular Hbond substituents is 1. The summed E-state index contributed by atoms with van der Waals surface area (Å²) < 4.78 is 0. The summed E-state index contributed by atoms with van der Waals surface area (Å²) in [7, 11) is 0. The number of rotatable bonds is 6. The van der Waals surface area contributed by atoms with Crippen LogP contribution in [-0.4, -0.2) is 44.7 Å². The van der Waals surface area contributed by atoms with Crippen molar-refractivity contribution >= 4 is 11.6 Å². The molecule has 6 nitrogen and oxygen atoms in total. The largest absolute Gasteiger partial charge is 0.507 e. The van der Waals surface area contributed by atoms with Crippen molar-refractivity contribution < 1.29 is 9.90 Å². The number of aromatic hydroxyl groups is 1. The second-order valence-electron chi connectivity index (χ2n) is 11.1. The van der Waals surface area contributed by atoms with Gasteiger partial charge in [0.2, 0.25) is 0 Å². The van der Waals surface area contributed by atoms with Crippen molar-refractivity contribution in [3.8, 4) is 5.75 Å². The molecular formula is C26H38N4O2. The quantitative estimate of drug-likeness (QED) is 0.528. The fourth-order valence-corrected chi connectivity index (χ4v) is 4.73. The first-order chi connectivity index (χ1) is 14.8. The number of amidine groups is 1. The maximum absolute atomic E-state index is 13.4. The van der Waals surface area contributed by atoms with E-state index in [0.717, 1.165) is 29.7 Å². The lowest BCUT2D eigenvalue weighted by Gasteiger charge is -2.28. The minimum atomic E-state index is -0.293. The second kappa shape index (κ2) is 8.72. The maximum atomic E-state index is 13.4. The van der Waals surface area contributed by atoms with Crippen molar-refractivity contribution in [1.82, 2.24) is 14.9 Å². The Hall–Kier alpha value is -2.63. The third-order valence-electron chi connectivity index (χ3n) is 6.46. The summed E-state index contributed by atoms with van der Waals surface area (Å²) in [5, 5.41) is 19.8. The lowest BCUT2D eigenvalue weighted by molar-refractivity contribution is 0.0963. The molecule has 0 bridgehead atoms. The summed E-state index contributed by atoms with van der Waals surface area (Å²) in [5.74, 6) is 0.965. The van der Waals surface area contributed by atoms with Gasteiger partial charge in [0.15, 0.2) is 5.78 Å². The Morgan fingerprint density at radius 2 is 1.78 bits per heavy atom. The molecule has 2 aromatic rings. The number of carbonyl (C=O) groups is 1. The van der Waals surface area contributed by atoms with E-state index in [1.165, 1.54) is 0 Å². The molecule has 1 aliphatic heterocycles. The van der Waals surface area contributed by atoms with Crippen LogP contribution in [0.4, 0.5) is 0 Å². The van der Waals surface area contributed by atoms with Crippen LogP contribution in [0.3, 0.4) is 0 Å². The van der Waals surface area contributed by atoms with Crippen molar-refractivity contribution in [3.05, 3.63) is 47.0 Å². The van der Waals surface area contributed by atoms with Gasteiger partial charge in [0.1, 0.15) is 11.6 Å². The number of benzene rings is 1. The van der Waals surface area contributed by atoms with Crippen LogP contribution < -0.4 is 0 Å². The van der Waals surface area contributed by atoms with Gasteiger partial charge in [-0.25, -0.2) is 4.98 Å². The van der Waals surface area contributed by atoms with Crippen LogP contribution in [0.2, 0.25) is 0 Å². The Bertz CT molecular complexity index is 945. The lowest BCUT2D eigenvalue weighted by atomic mass is 9.78. The van der Waals surface area contributed by atoms with E-state index in [9.17, 15) is 9.90 Å². The fraction of sp³-hybridized carbons (Fsp3) is 0.577. The number of phenols is 1. The molecule has 2 unspecified atom stereocenters. The van der Waals surface area contributed by atoms with Crippen molar-refractivity contribution in [2.45, 2.75) is 78.1 Å². The van der Waals surface area contributed by atoms with Crippen molar-refractivity contribution in [3.63, 3.8) is 0 Å². The number of likely N-dealkylation sites (tertiary alicyclic amines) is 1. The number of nitrogens with zero attached hydrogens (tertiary/aromatic N) is 2. The van der Waals surface area contributed by atoms with Gasteiger partial charge in [-0.15, -0.1) is 0 Å². The second-order valence-corrected chi connectivity index (χ2v) is 11.1. The first-order valence-corrected chi connectivity index (χ1v) is 11.6. The Balaban J connectivity index is 1.92. The lowest BCUT2D eigenvalue weighted by Crippen LogP contribution is -2.32. The molecular weight excluding hydrogens is 400 g/mol. The maximum Gasteiger partial charge on any atom is 0.182 e. The summed E-state index contributed by atoms with van der Waals surface area (Å²) >= 11 is 0. The summed E-state index contributed by atoms with van der Waals surface area (Å²) in [5.41, 5.74) is 2.52. The van der Waals surface area contributed by atoms with Crippen LogP contribution in [0.5, 0.6) is 5.75 Å². The fourth-order valence-electron chi connectivity index (χ4n) is 4.73. The van der Waals surface area contributed by atoms with Crippen LogP contribution in [0.1, 0.15) is 94.4 Å². The third-order valence-corrected chi connectivity index (χ3v) is 6.46. The van der Waals surface area contributed by atoms with Gasteiger partial charge in [-0.1, -0.05) is 54.9 Å². The number of carbonyl (C=O) groups excluding carboxylic acids is 1. The number of imidazole rings is 1. The number of aromatic nitrogens is 2.